The van der Waals surface area contributed by atoms with Gasteiger partial charge in [0.05, 0.1) is 15.8 Å². The van der Waals surface area contributed by atoms with Crippen LogP contribution in [0.2, 0.25) is 0 Å². The van der Waals surface area contributed by atoms with Crippen molar-refractivity contribution >= 4 is 27.4 Å². The number of halogens is 3. The number of hydrogen-bond acceptors (Lipinski definition) is 4. The summed E-state index contributed by atoms with van der Waals surface area (Å²) in [5.74, 6) is 0.756. The molecule has 0 unspecified atom stereocenters. The molecule has 22 heavy (non-hydrogen) atoms. The Balaban J connectivity index is 1.62. The average molecular weight is 323 g/mol. The van der Waals surface area contributed by atoms with Gasteiger partial charge in [0.2, 0.25) is 0 Å². The third-order valence-corrected chi connectivity index (χ3v) is 4.14. The van der Waals surface area contributed by atoms with Gasteiger partial charge in [-0.2, -0.15) is 13.2 Å². The summed E-state index contributed by atoms with van der Waals surface area (Å²) in [7, 11) is 0. The predicted octanol–water partition coefficient (Wildman–Crippen LogP) is 4.36. The van der Waals surface area contributed by atoms with Crippen LogP contribution in [0.5, 0.6) is 0 Å². The van der Waals surface area contributed by atoms with Gasteiger partial charge in [-0.15, -0.1) is 11.3 Å². The molecule has 0 spiro atoms. The molecule has 1 N–H and O–H groups in total. The van der Waals surface area contributed by atoms with Gasteiger partial charge in [-0.05, 0) is 35.6 Å². The molecule has 0 saturated carbocycles. The van der Waals surface area contributed by atoms with Crippen LogP contribution in [0.25, 0.3) is 10.2 Å². The average Bonchev–Trinajstić information content (AvgIpc) is 2.96. The zero-order valence-corrected chi connectivity index (χ0v) is 12.2. The van der Waals surface area contributed by atoms with E-state index < -0.39 is 11.7 Å². The normalized spacial score (nSPS) is 11.8. The van der Waals surface area contributed by atoms with Gasteiger partial charge in [0.25, 0.3) is 0 Å². The number of aromatic nitrogens is 2. The van der Waals surface area contributed by atoms with E-state index in [1.165, 1.54) is 18.5 Å². The van der Waals surface area contributed by atoms with Crippen LogP contribution >= 0.6 is 11.3 Å². The third-order valence-electron chi connectivity index (χ3n) is 3.23. The van der Waals surface area contributed by atoms with Crippen LogP contribution in [0.3, 0.4) is 0 Å². The summed E-state index contributed by atoms with van der Waals surface area (Å²) >= 11 is 1.55. The van der Waals surface area contributed by atoms with Crippen molar-refractivity contribution in [1.29, 1.82) is 0 Å². The molecule has 3 nitrogen and oxygen atoms in total. The quantitative estimate of drug-likeness (QED) is 0.775. The molecule has 0 aliphatic heterocycles. The maximum absolute atomic E-state index is 12.5. The van der Waals surface area contributed by atoms with E-state index in [2.05, 4.69) is 15.3 Å². The molecule has 0 amide bonds. The maximum Gasteiger partial charge on any atom is 0.416 e. The first-order valence-corrected chi connectivity index (χ1v) is 7.50. The van der Waals surface area contributed by atoms with Gasteiger partial charge in [-0.3, -0.25) is 0 Å². The second-order valence-electron chi connectivity index (χ2n) is 4.73. The molecule has 0 saturated heterocycles. The van der Waals surface area contributed by atoms with E-state index >= 15 is 0 Å². The fourth-order valence-corrected chi connectivity index (χ4v) is 2.91. The summed E-state index contributed by atoms with van der Waals surface area (Å²) in [5, 5.41) is 5.15. The molecule has 0 atom stereocenters. The molecular weight excluding hydrogens is 311 g/mol. The van der Waals surface area contributed by atoms with Crippen molar-refractivity contribution in [3.63, 3.8) is 0 Å². The minimum Gasteiger partial charge on any atom is -0.368 e. The molecule has 0 aliphatic carbocycles. The van der Waals surface area contributed by atoms with E-state index in [1.807, 2.05) is 11.4 Å². The lowest BCUT2D eigenvalue weighted by Crippen LogP contribution is -2.08. The smallest absolute Gasteiger partial charge is 0.368 e. The zero-order chi connectivity index (χ0) is 15.6. The second-order valence-corrected chi connectivity index (χ2v) is 5.64. The Kier molecular flexibility index (Phi) is 3.98. The van der Waals surface area contributed by atoms with Gasteiger partial charge in [-0.1, -0.05) is 12.1 Å². The molecule has 114 valence electrons. The molecule has 0 radical (unpaired) electrons. The van der Waals surface area contributed by atoms with Crippen molar-refractivity contribution in [2.45, 2.75) is 12.6 Å². The maximum atomic E-state index is 12.5. The van der Waals surface area contributed by atoms with Crippen LogP contribution < -0.4 is 5.32 Å². The minimum atomic E-state index is -4.29. The number of benzene rings is 1. The minimum absolute atomic E-state index is 0.593. The summed E-state index contributed by atoms with van der Waals surface area (Å²) < 4.78 is 38.4. The van der Waals surface area contributed by atoms with Gasteiger partial charge in [0.1, 0.15) is 12.1 Å². The van der Waals surface area contributed by atoms with Crippen molar-refractivity contribution in [1.82, 2.24) is 9.97 Å². The first kappa shape index (κ1) is 14.8. The van der Waals surface area contributed by atoms with Crippen LogP contribution in [-0.2, 0) is 12.6 Å². The molecule has 7 heteroatoms. The van der Waals surface area contributed by atoms with Crippen LogP contribution in [0.4, 0.5) is 19.0 Å². The molecule has 2 heterocycles. The van der Waals surface area contributed by atoms with Gasteiger partial charge in [-0.25, -0.2) is 9.97 Å². The molecule has 0 bridgehead atoms. The summed E-state index contributed by atoms with van der Waals surface area (Å²) in [4.78, 5) is 8.35. The van der Waals surface area contributed by atoms with E-state index in [1.54, 1.807) is 11.3 Å². The molecule has 0 fully saturated rings. The molecule has 3 aromatic rings. The van der Waals surface area contributed by atoms with Crippen LogP contribution in [0.1, 0.15) is 11.1 Å². The molecule has 0 aliphatic rings. The fraction of sp³-hybridized carbons (Fsp3) is 0.200. The number of rotatable bonds is 4. The highest BCUT2D eigenvalue weighted by Gasteiger charge is 2.29. The van der Waals surface area contributed by atoms with Gasteiger partial charge >= 0.3 is 6.18 Å². The number of alkyl halides is 3. The lowest BCUT2D eigenvalue weighted by atomic mass is 10.1. The Hall–Kier alpha value is -2.15. The van der Waals surface area contributed by atoms with Crippen LogP contribution in [-0.4, -0.2) is 16.5 Å². The highest BCUT2D eigenvalue weighted by molar-refractivity contribution is 7.17. The first-order valence-electron chi connectivity index (χ1n) is 6.62. The van der Waals surface area contributed by atoms with Crippen molar-refractivity contribution < 1.29 is 13.2 Å². The number of hydrogen-bond donors (Lipinski definition) is 1. The highest BCUT2D eigenvalue weighted by atomic mass is 32.1. The number of nitrogens with zero attached hydrogens (tertiary/aromatic N) is 2. The molecule has 3 rings (SSSR count). The number of thiophene rings is 1. The summed E-state index contributed by atoms with van der Waals surface area (Å²) in [6.07, 6.45) is -2.17. The standard InChI is InChI=1S/C15H12F3N3S/c16-15(17,18)11-3-1-10(2-4-11)5-7-19-14-13-12(6-8-22-13)20-9-21-14/h1-4,6,8-9H,5,7H2,(H,19,20,21). The number of fused-ring (bicyclic) bond motifs is 1. The SMILES string of the molecule is FC(F)(F)c1ccc(CCNc2ncnc3ccsc23)cc1. The summed E-state index contributed by atoms with van der Waals surface area (Å²) in [6.45, 7) is 0.593. The van der Waals surface area contributed by atoms with Crippen molar-refractivity contribution in [2.75, 3.05) is 11.9 Å². The molecule has 1 aromatic carbocycles. The van der Waals surface area contributed by atoms with E-state index in [0.717, 1.165) is 33.7 Å². The largest absolute Gasteiger partial charge is 0.416 e. The molecular formula is C15H12F3N3S. The Morgan fingerprint density at radius 3 is 2.55 bits per heavy atom. The number of anilines is 1. The number of nitrogens with one attached hydrogen (secondary N) is 1. The van der Waals surface area contributed by atoms with Gasteiger partial charge < -0.3 is 5.32 Å². The van der Waals surface area contributed by atoms with E-state index in [9.17, 15) is 13.2 Å². The second kappa shape index (κ2) is 5.92. The van der Waals surface area contributed by atoms with Crippen molar-refractivity contribution in [3.8, 4) is 0 Å². The Labute approximate surface area is 128 Å². The Bertz CT molecular complexity index is 766. The predicted molar refractivity (Wildman–Crippen MR) is 81.1 cm³/mol. The zero-order valence-electron chi connectivity index (χ0n) is 11.4. The topological polar surface area (TPSA) is 37.8 Å². The Morgan fingerprint density at radius 1 is 1.05 bits per heavy atom. The Morgan fingerprint density at radius 2 is 1.82 bits per heavy atom. The fourth-order valence-electron chi connectivity index (χ4n) is 2.10. The molecule has 2 aromatic heterocycles. The van der Waals surface area contributed by atoms with Gasteiger partial charge in [0, 0.05) is 6.54 Å². The van der Waals surface area contributed by atoms with E-state index in [0.29, 0.717) is 13.0 Å². The highest BCUT2D eigenvalue weighted by Crippen LogP contribution is 2.29. The summed E-state index contributed by atoms with van der Waals surface area (Å²) in [6, 6.07) is 7.15. The first-order chi connectivity index (χ1) is 10.5. The lowest BCUT2D eigenvalue weighted by molar-refractivity contribution is -0.137. The van der Waals surface area contributed by atoms with Crippen LogP contribution in [0, 0.1) is 0 Å². The van der Waals surface area contributed by atoms with E-state index in [4.69, 9.17) is 0 Å². The lowest BCUT2D eigenvalue weighted by Gasteiger charge is -2.09. The summed E-state index contributed by atoms with van der Waals surface area (Å²) in [5.41, 5.74) is 1.11. The van der Waals surface area contributed by atoms with Crippen molar-refractivity contribution in [2.24, 2.45) is 0 Å². The monoisotopic (exact) mass is 323 g/mol. The van der Waals surface area contributed by atoms with E-state index in [-0.39, 0.29) is 0 Å². The van der Waals surface area contributed by atoms with Crippen molar-refractivity contribution in [3.05, 3.63) is 53.2 Å². The third kappa shape index (κ3) is 3.19. The van der Waals surface area contributed by atoms with Crippen LogP contribution in [0.15, 0.2) is 42.0 Å². The van der Waals surface area contributed by atoms with Gasteiger partial charge in [0.15, 0.2) is 0 Å².